The average Bonchev–Trinajstić information content (AvgIpc) is 2.47. The van der Waals surface area contributed by atoms with Crippen LogP contribution in [0.3, 0.4) is 0 Å². The Hall–Kier alpha value is -1.96. The van der Waals surface area contributed by atoms with Crippen LogP contribution in [-0.2, 0) is 10.8 Å². The number of hydrogen-bond donors (Lipinski definition) is 0. The minimum Gasteiger partial charge on any atom is -0.497 e. The second-order valence-electron chi connectivity index (χ2n) is 8.47. The first-order valence-corrected chi connectivity index (χ1v) is 8.50. The fourth-order valence-corrected chi connectivity index (χ4v) is 2.76. The summed E-state index contributed by atoms with van der Waals surface area (Å²) >= 11 is 0. The van der Waals surface area contributed by atoms with Crippen molar-refractivity contribution >= 4 is 0 Å². The summed E-state index contributed by atoms with van der Waals surface area (Å²) in [6.07, 6.45) is 0. The summed E-state index contributed by atoms with van der Waals surface area (Å²) < 4.78 is 11.6. The Balaban J connectivity index is 2.60. The lowest BCUT2D eigenvalue weighted by atomic mass is 9.78. The van der Waals surface area contributed by atoms with Gasteiger partial charge in [-0.05, 0) is 42.0 Å². The second-order valence-corrected chi connectivity index (χ2v) is 8.47. The lowest BCUT2D eigenvalue weighted by Gasteiger charge is -2.30. The van der Waals surface area contributed by atoms with Crippen molar-refractivity contribution in [1.82, 2.24) is 0 Å². The quantitative estimate of drug-likeness (QED) is 0.650. The molecule has 2 aromatic carbocycles. The number of benzene rings is 2. The van der Waals surface area contributed by atoms with Gasteiger partial charge in [0.25, 0.3) is 0 Å². The average molecular weight is 326 g/mol. The maximum absolute atomic E-state index is 6.39. The lowest BCUT2D eigenvalue weighted by molar-refractivity contribution is 0.410. The Labute approximate surface area is 146 Å². The summed E-state index contributed by atoms with van der Waals surface area (Å²) in [6.45, 7) is 15.5. The Morgan fingerprint density at radius 1 is 0.708 bits per heavy atom. The molecule has 0 atom stereocenters. The van der Waals surface area contributed by atoms with E-state index < -0.39 is 0 Å². The second kappa shape index (κ2) is 6.51. The minimum atomic E-state index is 0.00776. The summed E-state index contributed by atoms with van der Waals surface area (Å²) in [4.78, 5) is 0. The highest BCUT2D eigenvalue weighted by atomic mass is 16.5. The zero-order valence-electron chi connectivity index (χ0n) is 16.3. The predicted octanol–water partition coefficient (Wildman–Crippen LogP) is 6.39. The molecule has 0 fully saturated rings. The van der Waals surface area contributed by atoms with E-state index in [-0.39, 0.29) is 10.8 Å². The van der Waals surface area contributed by atoms with E-state index in [2.05, 4.69) is 60.6 Å². The number of methoxy groups -OCH3 is 1. The van der Waals surface area contributed by atoms with E-state index >= 15 is 0 Å². The van der Waals surface area contributed by atoms with Crippen LogP contribution in [0, 0.1) is 6.92 Å². The number of rotatable bonds is 3. The largest absolute Gasteiger partial charge is 0.497 e. The van der Waals surface area contributed by atoms with Gasteiger partial charge in [0.2, 0.25) is 0 Å². The third-order valence-electron chi connectivity index (χ3n) is 4.13. The van der Waals surface area contributed by atoms with Crippen LogP contribution in [0.4, 0.5) is 0 Å². The van der Waals surface area contributed by atoms with E-state index in [1.165, 1.54) is 16.7 Å². The molecule has 2 aromatic rings. The van der Waals surface area contributed by atoms with Crippen molar-refractivity contribution in [2.45, 2.75) is 59.3 Å². The summed E-state index contributed by atoms with van der Waals surface area (Å²) in [6, 6.07) is 12.3. The van der Waals surface area contributed by atoms with Gasteiger partial charge in [0, 0.05) is 11.1 Å². The van der Waals surface area contributed by atoms with E-state index in [0.29, 0.717) is 0 Å². The molecule has 2 nitrogen and oxygen atoms in total. The van der Waals surface area contributed by atoms with E-state index in [4.69, 9.17) is 9.47 Å². The van der Waals surface area contributed by atoms with Crippen LogP contribution in [0.1, 0.15) is 58.2 Å². The van der Waals surface area contributed by atoms with Gasteiger partial charge in [0.05, 0.1) is 7.11 Å². The van der Waals surface area contributed by atoms with Crippen LogP contribution in [0.25, 0.3) is 0 Å². The van der Waals surface area contributed by atoms with Crippen molar-refractivity contribution in [3.05, 3.63) is 53.1 Å². The standard InChI is InChI=1S/C22H30O2/c1-15-13-18(21(2,3)4)20(19(14-15)22(5,6)7)24-17-11-9-16(23-8)10-12-17/h9-14H,1-8H3. The van der Waals surface area contributed by atoms with Gasteiger partial charge in [0.15, 0.2) is 0 Å². The Morgan fingerprint density at radius 2 is 1.12 bits per heavy atom. The Bertz CT molecular complexity index is 663. The molecule has 2 heteroatoms. The van der Waals surface area contributed by atoms with Crippen LogP contribution in [0.2, 0.25) is 0 Å². The molecule has 0 aliphatic carbocycles. The molecule has 0 spiro atoms. The van der Waals surface area contributed by atoms with Crippen LogP contribution < -0.4 is 9.47 Å². The molecule has 0 aromatic heterocycles. The van der Waals surface area contributed by atoms with Crippen molar-refractivity contribution in [3.63, 3.8) is 0 Å². The monoisotopic (exact) mass is 326 g/mol. The fraction of sp³-hybridized carbons (Fsp3) is 0.455. The summed E-state index contributed by atoms with van der Waals surface area (Å²) in [7, 11) is 1.67. The number of aryl methyl sites for hydroxylation is 1. The third-order valence-corrected chi connectivity index (χ3v) is 4.13. The molecule has 0 radical (unpaired) electrons. The first kappa shape index (κ1) is 18.4. The lowest BCUT2D eigenvalue weighted by Crippen LogP contribution is -2.19. The molecule has 24 heavy (non-hydrogen) atoms. The van der Waals surface area contributed by atoms with E-state index in [1.54, 1.807) is 7.11 Å². The van der Waals surface area contributed by atoms with Crippen LogP contribution >= 0.6 is 0 Å². The molecule has 0 N–H and O–H groups in total. The maximum Gasteiger partial charge on any atom is 0.134 e. The van der Waals surface area contributed by atoms with Crippen LogP contribution in [0.15, 0.2) is 36.4 Å². The highest BCUT2D eigenvalue weighted by Gasteiger charge is 2.27. The zero-order valence-corrected chi connectivity index (χ0v) is 16.3. The fourth-order valence-electron chi connectivity index (χ4n) is 2.76. The van der Waals surface area contributed by atoms with Gasteiger partial charge in [-0.1, -0.05) is 59.2 Å². The topological polar surface area (TPSA) is 18.5 Å². The van der Waals surface area contributed by atoms with Gasteiger partial charge in [0.1, 0.15) is 17.2 Å². The van der Waals surface area contributed by atoms with Crippen molar-refractivity contribution < 1.29 is 9.47 Å². The van der Waals surface area contributed by atoms with E-state index in [1.807, 2.05) is 24.3 Å². The predicted molar refractivity (Wildman–Crippen MR) is 102 cm³/mol. The highest BCUT2D eigenvalue weighted by Crippen LogP contribution is 2.42. The van der Waals surface area contributed by atoms with Crippen LogP contribution in [-0.4, -0.2) is 7.11 Å². The van der Waals surface area contributed by atoms with Crippen molar-refractivity contribution in [3.8, 4) is 17.2 Å². The molecule has 0 aliphatic rings. The van der Waals surface area contributed by atoms with Gasteiger partial charge >= 0.3 is 0 Å². The van der Waals surface area contributed by atoms with Crippen molar-refractivity contribution in [2.75, 3.05) is 7.11 Å². The molecule has 0 unspecified atom stereocenters. The number of ether oxygens (including phenoxy) is 2. The van der Waals surface area contributed by atoms with Crippen molar-refractivity contribution in [1.29, 1.82) is 0 Å². The molecule has 0 amide bonds. The number of hydrogen-bond acceptors (Lipinski definition) is 2. The third kappa shape index (κ3) is 4.11. The highest BCUT2D eigenvalue weighted by molar-refractivity contribution is 5.52. The van der Waals surface area contributed by atoms with Gasteiger partial charge in [-0.25, -0.2) is 0 Å². The van der Waals surface area contributed by atoms with Crippen molar-refractivity contribution in [2.24, 2.45) is 0 Å². The smallest absolute Gasteiger partial charge is 0.134 e. The Kier molecular flexibility index (Phi) is 4.98. The van der Waals surface area contributed by atoms with Crippen LogP contribution in [0.5, 0.6) is 17.2 Å². The molecule has 0 aliphatic heterocycles. The minimum absolute atomic E-state index is 0.00776. The van der Waals surface area contributed by atoms with Gasteiger partial charge < -0.3 is 9.47 Å². The molecule has 0 saturated heterocycles. The summed E-state index contributed by atoms with van der Waals surface area (Å²) in [5.41, 5.74) is 3.76. The summed E-state index contributed by atoms with van der Waals surface area (Å²) in [5.74, 6) is 2.64. The molecule has 0 bridgehead atoms. The SMILES string of the molecule is COc1ccc(Oc2c(C(C)(C)C)cc(C)cc2C(C)(C)C)cc1. The maximum atomic E-state index is 6.39. The molecule has 130 valence electrons. The molecule has 0 saturated carbocycles. The van der Waals surface area contributed by atoms with Gasteiger partial charge in [-0.2, -0.15) is 0 Å². The first-order valence-electron chi connectivity index (χ1n) is 8.50. The molecule has 0 heterocycles. The van der Waals surface area contributed by atoms with Gasteiger partial charge in [-0.3, -0.25) is 0 Å². The van der Waals surface area contributed by atoms with Gasteiger partial charge in [-0.15, -0.1) is 0 Å². The first-order chi connectivity index (χ1) is 11.0. The Morgan fingerprint density at radius 3 is 1.50 bits per heavy atom. The molecular formula is C22H30O2. The molecular weight excluding hydrogens is 296 g/mol. The molecule has 2 rings (SSSR count). The van der Waals surface area contributed by atoms with E-state index in [9.17, 15) is 0 Å². The normalized spacial score (nSPS) is 12.2. The van der Waals surface area contributed by atoms with E-state index in [0.717, 1.165) is 17.2 Å². The zero-order chi connectivity index (χ0) is 18.1. The summed E-state index contributed by atoms with van der Waals surface area (Å²) in [5, 5.41) is 0.